The number of rotatable bonds is 8. The number of sulfone groups is 1. The molecule has 0 saturated heterocycles. The van der Waals surface area contributed by atoms with E-state index in [1.54, 1.807) is 24.3 Å². The molecular weight excluding hydrogens is 535 g/mol. The Hall–Kier alpha value is -2.96. The number of hydrogen-bond acceptors (Lipinski definition) is 6. The van der Waals surface area contributed by atoms with Crippen LogP contribution in [0.25, 0.3) is 0 Å². The number of halogens is 3. The van der Waals surface area contributed by atoms with Crippen molar-refractivity contribution in [2.24, 2.45) is 0 Å². The van der Waals surface area contributed by atoms with E-state index in [2.05, 4.69) is 5.32 Å². The van der Waals surface area contributed by atoms with Crippen LogP contribution in [0.3, 0.4) is 0 Å². The smallest absolute Gasteiger partial charge is 0.252 e. The molecule has 0 radical (unpaired) electrons. The number of ether oxygens (including phenoxy) is 2. The highest BCUT2D eigenvalue weighted by Gasteiger charge is 2.29. The Morgan fingerprint density at radius 3 is 2.14 bits per heavy atom. The Labute approximate surface area is 218 Å². The van der Waals surface area contributed by atoms with Crippen LogP contribution in [-0.2, 0) is 9.84 Å². The first-order valence-electron chi connectivity index (χ1n) is 9.99. The first-order valence-corrected chi connectivity index (χ1v) is 13.0. The standard InChI is InChI=1S/C24H19Cl3N2O5S/c1-24(13-28,29-23(30)15-3-7-18(8-4-15)35(2,31)32)14-33-22-12-17(26)6-10-21(22)34-20-9-5-16(25)11-19(20)27/h3-12H,14H2,1-2H3,(H,29,30)/t24-/m0/s1. The lowest BCUT2D eigenvalue weighted by Crippen LogP contribution is -2.49. The fourth-order valence-electron chi connectivity index (χ4n) is 2.85. The molecule has 1 atom stereocenters. The molecule has 3 rings (SSSR count). The number of carbonyl (C=O) groups excluding carboxylic acids is 1. The average molecular weight is 554 g/mol. The minimum Gasteiger partial charge on any atom is -0.486 e. The topological polar surface area (TPSA) is 105 Å². The maximum Gasteiger partial charge on any atom is 0.252 e. The zero-order valence-electron chi connectivity index (χ0n) is 18.5. The molecule has 0 aromatic heterocycles. The van der Waals surface area contributed by atoms with Crippen LogP contribution in [0.1, 0.15) is 17.3 Å². The van der Waals surface area contributed by atoms with Gasteiger partial charge >= 0.3 is 0 Å². The van der Waals surface area contributed by atoms with Gasteiger partial charge in [0.2, 0.25) is 0 Å². The molecule has 7 nitrogen and oxygen atoms in total. The summed E-state index contributed by atoms with van der Waals surface area (Å²) in [5, 5.41) is 13.4. The molecule has 35 heavy (non-hydrogen) atoms. The van der Waals surface area contributed by atoms with Crippen molar-refractivity contribution in [2.75, 3.05) is 12.9 Å². The van der Waals surface area contributed by atoms with E-state index in [4.69, 9.17) is 44.3 Å². The molecule has 0 bridgehead atoms. The van der Waals surface area contributed by atoms with Crippen LogP contribution in [0.4, 0.5) is 0 Å². The number of nitriles is 1. The summed E-state index contributed by atoms with van der Waals surface area (Å²) >= 11 is 18.2. The van der Waals surface area contributed by atoms with Gasteiger partial charge in [0.15, 0.2) is 26.9 Å². The molecule has 0 spiro atoms. The maximum absolute atomic E-state index is 12.7. The van der Waals surface area contributed by atoms with E-state index >= 15 is 0 Å². The summed E-state index contributed by atoms with van der Waals surface area (Å²) < 4.78 is 34.9. The third-order valence-corrected chi connectivity index (χ3v) is 6.61. The highest BCUT2D eigenvalue weighted by atomic mass is 35.5. The van der Waals surface area contributed by atoms with Gasteiger partial charge in [-0.05, 0) is 61.5 Å². The van der Waals surface area contributed by atoms with Crippen LogP contribution in [-0.4, -0.2) is 32.7 Å². The second-order valence-corrected chi connectivity index (χ2v) is 11.0. The van der Waals surface area contributed by atoms with Crippen molar-refractivity contribution in [1.82, 2.24) is 5.32 Å². The van der Waals surface area contributed by atoms with Crippen molar-refractivity contribution in [2.45, 2.75) is 17.4 Å². The fraction of sp³-hybridized carbons (Fsp3) is 0.167. The van der Waals surface area contributed by atoms with Crippen LogP contribution >= 0.6 is 34.8 Å². The average Bonchev–Trinajstić information content (AvgIpc) is 2.80. The van der Waals surface area contributed by atoms with E-state index in [-0.39, 0.29) is 33.6 Å². The maximum atomic E-state index is 12.7. The SMILES string of the molecule is C[C@](C#N)(COc1cc(Cl)ccc1Oc1ccc(Cl)cc1Cl)NC(=O)c1ccc(S(C)(=O)=O)cc1. The summed E-state index contributed by atoms with van der Waals surface area (Å²) in [5.74, 6) is 0.253. The number of carbonyl (C=O) groups is 1. The second kappa shape index (κ2) is 10.8. The van der Waals surface area contributed by atoms with Crippen LogP contribution < -0.4 is 14.8 Å². The van der Waals surface area contributed by atoms with E-state index in [1.165, 1.54) is 43.3 Å². The van der Waals surface area contributed by atoms with Crippen LogP contribution in [0.5, 0.6) is 17.2 Å². The Bertz CT molecular complexity index is 1410. The van der Waals surface area contributed by atoms with E-state index in [0.29, 0.717) is 15.8 Å². The molecule has 3 aromatic rings. The lowest BCUT2D eigenvalue weighted by molar-refractivity contribution is 0.0900. The number of nitrogens with zero attached hydrogens (tertiary/aromatic N) is 1. The first-order chi connectivity index (χ1) is 16.4. The lowest BCUT2D eigenvalue weighted by Gasteiger charge is -2.24. The summed E-state index contributed by atoms with van der Waals surface area (Å²) in [7, 11) is -3.40. The summed E-state index contributed by atoms with van der Waals surface area (Å²) in [6, 6.07) is 16.8. The summed E-state index contributed by atoms with van der Waals surface area (Å²) in [4.78, 5) is 12.8. The Balaban J connectivity index is 1.76. The molecule has 0 unspecified atom stereocenters. The predicted molar refractivity (Wildman–Crippen MR) is 135 cm³/mol. The molecule has 0 heterocycles. The van der Waals surface area contributed by atoms with E-state index < -0.39 is 21.3 Å². The van der Waals surface area contributed by atoms with Crippen molar-refractivity contribution >= 4 is 50.5 Å². The first kappa shape index (κ1) is 26.6. The second-order valence-electron chi connectivity index (χ2n) is 7.75. The largest absolute Gasteiger partial charge is 0.486 e. The zero-order valence-corrected chi connectivity index (χ0v) is 21.6. The third-order valence-electron chi connectivity index (χ3n) is 4.72. The molecule has 1 N–H and O–H groups in total. The normalized spacial score (nSPS) is 12.8. The molecule has 1 amide bonds. The quantitative estimate of drug-likeness (QED) is 0.370. The minimum absolute atomic E-state index is 0.0784. The monoisotopic (exact) mass is 552 g/mol. The molecular formula is C24H19Cl3N2O5S. The highest BCUT2D eigenvalue weighted by molar-refractivity contribution is 7.90. The van der Waals surface area contributed by atoms with Crippen molar-refractivity contribution in [3.05, 3.63) is 81.3 Å². The van der Waals surface area contributed by atoms with Crippen molar-refractivity contribution < 1.29 is 22.7 Å². The van der Waals surface area contributed by atoms with Gasteiger partial charge in [-0.15, -0.1) is 0 Å². The number of benzene rings is 3. The molecule has 0 aliphatic carbocycles. The third kappa shape index (κ3) is 7.03. The van der Waals surface area contributed by atoms with Gasteiger partial charge in [-0.1, -0.05) is 34.8 Å². The summed E-state index contributed by atoms with van der Waals surface area (Å²) in [6.07, 6.45) is 1.07. The van der Waals surface area contributed by atoms with Gasteiger partial charge in [-0.25, -0.2) is 8.42 Å². The van der Waals surface area contributed by atoms with Gasteiger partial charge in [-0.3, -0.25) is 4.79 Å². The number of amides is 1. The molecule has 3 aromatic carbocycles. The highest BCUT2D eigenvalue weighted by Crippen LogP contribution is 2.38. The van der Waals surface area contributed by atoms with Gasteiger partial charge in [0.05, 0.1) is 16.0 Å². The Morgan fingerprint density at radius 2 is 1.57 bits per heavy atom. The summed E-state index contributed by atoms with van der Waals surface area (Å²) in [5.41, 5.74) is -1.26. The minimum atomic E-state index is -3.40. The fourth-order valence-corrected chi connectivity index (χ4v) is 4.09. The van der Waals surface area contributed by atoms with Gasteiger partial charge < -0.3 is 14.8 Å². The van der Waals surface area contributed by atoms with Crippen LogP contribution in [0.2, 0.25) is 15.1 Å². The number of nitrogens with one attached hydrogen (secondary N) is 1. The zero-order chi connectivity index (χ0) is 25.8. The van der Waals surface area contributed by atoms with Crippen molar-refractivity contribution in [3.8, 4) is 23.3 Å². The molecule has 0 aliphatic heterocycles. The number of hydrogen-bond donors (Lipinski definition) is 1. The molecule has 11 heteroatoms. The Morgan fingerprint density at radius 1 is 0.971 bits per heavy atom. The van der Waals surface area contributed by atoms with Gasteiger partial charge in [0.25, 0.3) is 5.91 Å². The molecule has 0 aliphatic rings. The van der Waals surface area contributed by atoms with E-state index in [9.17, 15) is 18.5 Å². The van der Waals surface area contributed by atoms with Gasteiger partial charge in [0, 0.05) is 27.9 Å². The van der Waals surface area contributed by atoms with Gasteiger partial charge in [0.1, 0.15) is 12.4 Å². The van der Waals surface area contributed by atoms with E-state index in [0.717, 1.165) is 6.26 Å². The van der Waals surface area contributed by atoms with Crippen LogP contribution in [0, 0.1) is 11.3 Å². The predicted octanol–water partition coefficient (Wildman–Crippen LogP) is 5.93. The lowest BCUT2D eigenvalue weighted by atomic mass is 10.1. The molecule has 0 saturated carbocycles. The van der Waals surface area contributed by atoms with Crippen molar-refractivity contribution in [1.29, 1.82) is 5.26 Å². The summed E-state index contributed by atoms with van der Waals surface area (Å²) in [6.45, 7) is 1.23. The Kier molecular flexibility index (Phi) is 8.18. The molecule has 0 fully saturated rings. The van der Waals surface area contributed by atoms with Crippen molar-refractivity contribution in [3.63, 3.8) is 0 Å². The van der Waals surface area contributed by atoms with Gasteiger partial charge in [-0.2, -0.15) is 5.26 Å². The van der Waals surface area contributed by atoms with E-state index in [1.807, 2.05) is 6.07 Å². The van der Waals surface area contributed by atoms with Crippen LogP contribution in [0.15, 0.2) is 65.6 Å². The molecule has 182 valence electrons.